The van der Waals surface area contributed by atoms with Crippen LogP contribution in [0.2, 0.25) is 0 Å². The van der Waals surface area contributed by atoms with Crippen molar-refractivity contribution in [2.75, 3.05) is 19.0 Å². The van der Waals surface area contributed by atoms with Gasteiger partial charge in [0.25, 0.3) is 0 Å². The lowest BCUT2D eigenvalue weighted by Gasteiger charge is -2.13. The van der Waals surface area contributed by atoms with Crippen LogP contribution in [-0.2, 0) is 0 Å². The van der Waals surface area contributed by atoms with Crippen LogP contribution in [0.25, 0.3) is 35.1 Å². The first-order valence-corrected chi connectivity index (χ1v) is 7.78. The summed E-state index contributed by atoms with van der Waals surface area (Å²) in [4.78, 5) is 6.84. The van der Waals surface area contributed by atoms with Gasteiger partial charge in [-0.25, -0.2) is 4.98 Å². The van der Waals surface area contributed by atoms with E-state index >= 15 is 0 Å². The highest BCUT2D eigenvalue weighted by atomic mass is 15.1. The maximum absolute atomic E-state index is 4.73. The van der Waals surface area contributed by atoms with Gasteiger partial charge in [0.2, 0.25) is 0 Å². The first-order valence-electron chi connectivity index (χ1n) is 7.78. The zero-order valence-corrected chi connectivity index (χ0v) is 13.3. The molecule has 6 bridgehead atoms. The molecule has 0 fully saturated rings. The molecule has 2 heteroatoms. The van der Waals surface area contributed by atoms with E-state index in [1.165, 1.54) is 21.9 Å². The first-order chi connectivity index (χ1) is 11.2. The predicted molar refractivity (Wildman–Crippen MR) is 100 cm³/mol. The van der Waals surface area contributed by atoms with E-state index in [1.807, 2.05) is 0 Å². The van der Waals surface area contributed by atoms with Gasteiger partial charge < -0.3 is 4.90 Å². The van der Waals surface area contributed by atoms with Gasteiger partial charge in [-0.2, -0.15) is 0 Å². The van der Waals surface area contributed by atoms with Gasteiger partial charge in [0.05, 0.1) is 11.4 Å². The topological polar surface area (TPSA) is 16.1 Å². The van der Waals surface area contributed by atoms with Crippen molar-refractivity contribution >= 4 is 40.8 Å². The van der Waals surface area contributed by atoms with Gasteiger partial charge in [-0.1, -0.05) is 48.6 Å². The normalized spacial score (nSPS) is 15.2. The molecule has 2 aromatic carbocycles. The Labute approximate surface area is 136 Å². The zero-order valence-electron chi connectivity index (χ0n) is 13.3. The number of aromatic nitrogens is 1. The summed E-state index contributed by atoms with van der Waals surface area (Å²) in [6, 6.07) is 17.1. The van der Waals surface area contributed by atoms with E-state index in [9.17, 15) is 0 Å². The van der Waals surface area contributed by atoms with Gasteiger partial charge in [-0.3, -0.25) is 0 Å². The summed E-state index contributed by atoms with van der Waals surface area (Å²) in [7, 11) is 4.11. The summed E-state index contributed by atoms with van der Waals surface area (Å²) < 4.78 is 0. The number of hydrogen-bond acceptors (Lipinski definition) is 2. The third kappa shape index (κ3) is 2.53. The molecule has 0 amide bonds. The summed E-state index contributed by atoms with van der Waals surface area (Å²) in [5.74, 6) is 0. The van der Waals surface area contributed by atoms with E-state index in [-0.39, 0.29) is 0 Å². The molecule has 0 aliphatic carbocycles. The highest BCUT2D eigenvalue weighted by Crippen LogP contribution is 2.27. The van der Waals surface area contributed by atoms with Crippen molar-refractivity contribution in [2.24, 2.45) is 0 Å². The van der Waals surface area contributed by atoms with Crippen LogP contribution >= 0.6 is 0 Å². The van der Waals surface area contributed by atoms with Crippen molar-refractivity contribution < 1.29 is 0 Å². The van der Waals surface area contributed by atoms with Crippen LogP contribution in [0, 0.1) is 0 Å². The van der Waals surface area contributed by atoms with Crippen LogP contribution in [-0.4, -0.2) is 19.1 Å². The van der Waals surface area contributed by atoms with Gasteiger partial charge >= 0.3 is 0 Å². The number of rotatable bonds is 1. The standard InChI is InChI=1S/C21H18N2/c1-23(2)19-13-17-11-9-15-5-3-7-20-16(6-4-8-21(15)20)10-12-18(14-19)22-17/h3-14H,1-2H3/b11-9-,12-10-. The Morgan fingerprint density at radius 3 is 1.70 bits per heavy atom. The van der Waals surface area contributed by atoms with Crippen molar-refractivity contribution in [3.8, 4) is 0 Å². The summed E-state index contributed by atoms with van der Waals surface area (Å²) in [5.41, 5.74) is 5.55. The molecule has 0 N–H and O–H groups in total. The van der Waals surface area contributed by atoms with Gasteiger partial charge in [0.15, 0.2) is 0 Å². The highest BCUT2D eigenvalue weighted by Gasteiger charge is 2.05. The molecule has 0 saturated heterocycles. The Hall–Kier alpha value is -2.87. The molecule has 0 radical (unpaired) electrons. The third-order valence-electron chi connectivity index (χ3n) is 4.22. The first kappa shape index (κ1) is 13.8. The fraction of sp³-hybridized carbons (Fsp3) is 0.0952. The molecule has 2 heterocycles. The SMILES string of the molecule is CN(C)c1cc2nc(c1)/C=C\c1cccc3c(cccc13)/C=C\2. The number of hydrogen-bond donors (Lipinski definition) is 0. The van der Waals surface area contributed by atoms with Gasteiger partial charge in [-0.05, 0) is 46.2 Å². The number of pyridine rings is 1. The molecule has 2 nitrogen and oxygen atoms in total. The lowest BCUT2D eigenvalue weighted by atomic mass is 9.99. The molecule has 0 spiro atoms. The molecule has 23 heavy (non-hydrogen) atoms. The molecule has 0 saturated carbocycles. The summed E-state index contributed by atoms with van der Waals surface area (Å²) in [5, 5.41) is 2.54. The predicted octanol–water partition coefficient (Wildman–Crippen LogP) is 4.96. The average molecular weight is 298 g/mol. The van der Waals surface area contributed by atoms with Crippen molar-refractivity contribution in [1.82, 2.24) is 4.98 Å². The largest absolute Gasteiger partial charge is 0.378 e. The van der Waals surface area contributed by atoms with E-state index in [0.717, 1.165) is 17.1 Å². The number of nitrogens with zero attached hydrogens (tertiary/aromatic N) is 2. The van der Waals surface area contributed by atoms with Crippen LogP contribution in [0.1, 0.15) is 22.5 Å². The van der Waals surface area contributed by atoms with Crippen molar-refractivity contribution in [3.63, 3.8) is 0 Å². The maximum Gasteiger partial charge on any atom is 0.0657 e. The van der Waals surface area contributed by atoms with Crippen LogP contribution in [0.4, 0.5) is 5.69 Å². The molecule has 1 aliphatic rings. The Morgan fingerprint density at radius 2 is 1.22 bits per heavy atom. The lowest BCUT2D eigenvalue weighted by Crippen LogP contribution is -2.09. The Bertz CT molecular complexity index is 878. The van der Waals surface area contributed by atoms with Crippen LogP contribution in [0.5, 0.6) is 0 Å². The minimum absolute atomic E-state index is 0.975. The molecule has 0 unspecified atom stereocenters. The molecule has 112 valence electrons. The molecule has 3 aromatic rings. The molecule has 1 aromatic heterocycles. The Balaban J connectivity index is 2.02. The van der Waals surface area contributed by atoms with Crippen LogP contribution < -0.4 is 4.90 Å². The van der Waals surface area contributed by atoms with E-state index in [1.54, 1.807) is 0 Å². The third-order valence-corrected chi connectivity index (χ3v) is 4.22. The van der Waals surface area contributed by atoms with Crippen LogP contribution in [0.3, 0.4) is 0 Å². The highest BCUT2D eigenvalue weighted by molar-refractivity contribution is 5.99. The summed E-state index contributed by atoms with van der Waals surface area (Å²) in [6.07, 6.45) is 8.50. The maximum atomic E-state index is 4.73. The van der Waals surface area contributed by atoms with Gasteiger partial charge in [-0.15, -0.1) is 0 Å². The molecule has 0 atom stereocenters. The van der Waals surface area contributed by atoms with E-state index < -0.39 is 0 Å². The fourth-order valence-electron chi connectivity index (χ4n) is 2.99. The minimum atomic E-state index is 0.975. The fourth-order valence-corrected chi connectivity index (χ4v) is 2.99. The monoisotopic (exact) mass is 298 g/mol. The number of anilines is 1. The van der Waals surface area contributed by atoms with Gasteiger partial charge in [0, 0.05) is 19.8 Å². The second-order valence-electron chi connectivity index (χ2n) is 6.03. The molecular weight excluding hydrogens is 280 g/mol. The zero-order chi connectivity index (χ0) is 15.8. The van der Waals surface area contributed by atoms with Crippen LogP contribution in [0.15, 0.2) is 48.5 Å². The minimum Gasteiger partial charge on any atom is -0.378 e. The summed E-state index contributed by atoms with van der Waals surface area (Å²) in [6.45, 7) is 0. The lowest BCUT2D eigenvalue weighted by molar-refractivity contribution is 1.11. The molecule has 1 aliphatic heterocycles. The van der Waals surface area contributed by atoms with E-state index in [2.05, 4.69) is 91.8 Å². The van der Waals surface area contributed by atoms with Crippen molar-refractivity contribution in [3.05, 3.63) is 71.0 Å². The van der Waals surface area contributed by atoms with Gasteiger partial charge in [0.1, 0.15) is 0 Å². The second-order valence-corrected chi connectivity index (χ2v) is 6.03. The number of benzene rings is 2. The quantitative estimate of drug-likeness (QED) is 0.494. The average Bonchev–Trinajstić information content (AvgIpc) is 2.58. The Morgan fingerprint density at radius 1 is 0.696 bits per heavy atom. The van der Waals surface area contributed by atoms with Crippen molar-refractivity contribution in [1.29, 1.82) is 0 Å². The number of fused-ring (bicyclic) bond motifs is 2. The molecular formula is C21H18N2. The smallest absolute Gasteiger partial charge is 0.0657 e. The second kappa shape index (κ2) is 5.40. The van der Waals surface area contributed by atoms with E-state index in [0.29, 0.717) is 0 Å². The molecule has 4 rings (SSSR count). The van der Waals surface area contributed by atoms with Crippen molar-refractivity contribution in [2.45, 2.75) is 0 Å². The van der Waals surface area contributed by atoms with E-state index in [4.69, 9.17) is 4.98 Å². The Kier molecular flexibility index (Phi) is 3.23. The summed E-state index contributed by atoms with van der Waals surface area (Å²) >= 11 is 0.